The standard InChI is InChI=1S/C27H34N2O5/c1-18(2)16-24(26(32)28-15-9-3-4-14-25(30)31)29-27(33)34-17-23-21-12-7-5-10-19(21)20-11-6-8-13-22(20)23/h5-8,10-13,18,23-24H,3-4,9,14-17H2,1-2H3,(H,28,32)(H,29,33)(H,30,31)/t24-/m1/s1. The Kier molecular flexibility index (Phi) is 9.08. The van der Waals surface area contributed by atoms with E-state index in [0.29, 0.717) is 25.8 Å². The number of carboxylic acids is 1. The molecule has 0 aliphatic heterocycles. The SMILES string of the molecule is CC(C)C[C@@H](NC(=O)OCC1c2ccccc2-c2ccccc21)C(=O)NCCCCCC(=O)O. The van der Waals surface area contributed by atoms with Gasteiger partial charge in [0.25, 0.3) is 0 Å². The molecule has 0 bridgehead atoms. The van der Waals surface area contributed by atoms with Gasteiger partial charge in [-0.2, -0.15) is 0 Å². The van der Waals surface area contributed by atoms with Gasteiger partial charge in [0.05, 0.1) is 0 Å². The second-order valence-electron chi connectivity index (χ2n) is 9.15. The fourth-order valence-corrected chi connectivity index (χ4v) is 4.40. The molecule has 0 unspecified atom stereocenters. The lowest BCUT2D eigenvalue weighted by Crippen LogP contribution is -2.48. The van der Waals surface area contributed by atoms with Crippen LogP contribution in [0.3, 0.4) is 0 Å². The number of carboxylic acid groups (broad SMARTS) is 1. The first-order valence-corrected chi connectivity index (χ1v) is 12.0. The lowest BCUT2D eigenvalue weighted by atomic mass is 9.98. The van der Waals surface area contributed by atoms with Crippen LogP contribution in [0.4, 0.5) is 4.79 Å². The molecule has 2 aromatic carbocycles. The number of carbonyl (C=O) groups excluding carboxylic acids is 2. The number of aliphatic carboxylic acids is 1. The third-order valence-electron chi connectivity index (χ3n) is 6.03. The Morgan fingerprint density at radius 2 is 1.56 bits per heavy atom. The van der Waals surface area contributed by atoms with E-state index in [1.165, 1.54) is 0 Å². The molecule has 0 fully saturated rings. The Balaban J connectivity index is 1.53. The predicted octanol–water partition coefficient (Wildman–Crippen LogP) is 4.70. The van der Waals surface area contributed by atoms with Crippen LogP contribution in [0.15, 0.2) is 48.5 Å². The van der Waals surface area contributed by atoms with Gasteiger partial charge in [-0.05, 0) is 47.4 Å². The van der Waals surface area contributed by atoms with E-state index in [1.54, 1.807) is 0 Å². The molecular formula is C27H34N2O5. The zero-order valence-corrected chi connectivity index (χ0v) is 19.9. The van der Waals surface area contributed by atoms with Crippen molar-refractivity contribution in [1.82, 2.24) is 10.6 Å². The van der Waals surface area contributed by atoms with Crippen LogP contribution in [0, 0.1) is 5.92 Å². The highest BCUT2D eigenvalue weighted by Gasteiger charge is 2.29. The third kappa shape index (κ3) is 6.83. The Hall–Kier alpha value is -3.35. The molecule has 2 amide bonds. The summed E-state index contributed by atoms with van der Waals surface area (Å²) in [5, 5.41) is 14.3. The Morgan fingerprint density at radius 1 is 0.941 bits per heavy atom. The smallest absolute Gasteiger partial charge is 0.407 e. The van der Waals surface area contributed by atoms with Gasteiger partial charge in [-0.3, -0.25) is 9.59 Å². The summed E-state index contributed by atoms with van der Waals surface area (Å²) in [5.74, 6) is -0.893. The van der Waals surface area contributed by atoms with E-state index in [1.807, 2.05) is 38.1 Å². The van der Waals surface area contributed by atoms with Gasteiger partial charge in [-0.15, -0.1) is 0 Å². The van der Waals surface area contributed by atoms with Crippen LogP contribution < -0.4 is 10.6 Å². The van der Waals surface area contributed by atoms with Gasteiger partial charge in [0.2, 0.25) is 5.91 Å². The number of fused-ring (bicyclic) bond motifs is 3. The van der Waals surface area contributed by atoms with E-state index in [-0.39, 0.29) is 30.8 Å². The van der Waals surface area contributed by atoms with E-state index < -0.39 is 18.1 Å². The topological polar surface area (TPSA) is 105 Å². The van der Waals surface area contributed by atoms with Crippen molar-refractivity contribution in [1.29, 1.82) is 0 Å². The van der Waals surface area contributed by atoms with E-state index in [0.717, 1.165) is 28.7 Å². The number of carbonyl (C=O) groups is 3. The number of benzene rings is 2. The van der Waals surface area contributed by atoms with Crippen LogP contribution in [-0.4, -0.2) is 42.3 Å². The maximum atomic E-state index is 12.7. The average molecular weight is 467 g/mol. The second-order valence-corrected chi connectivity index (χ2v) is 9.15. The molecule has 182 valence electrons. The molecule has 34 heavy (non-hydrogen) atoms. The van der Waals surface area contributed by atoms with Crippen molar-refractivity contribution < 1.29 is 24.2 Å². The maximum absolute atomic E-state index is 12.7. The molecule has 0 radical (unpaired) electrons. The first-order valence-electron chi connectivity index (χ1n) is 12.0. The zero-order chi connectivity index (χ0) is 24.5. The number of nitrogens with one attached hydrogen (secondary N) is 2. The van der Waals surface area contributed by atoms with Crippen LogP contribution in [-0.2, 0) is 14.3 Å². The van der Waals surface area contributed by atoms with Crippen molar-refractivity contribution in [3.8, 4) is 11.1 Å². The molecule has 3 N–H and O–H groups in total. The monoisotopic (exact) mass is 466 g/mol. The van der Waals surface area contributed by atoms with Gasteiger partial charge in [-0.25, -0.2) is 4.79 Å². The minimum atomic E-state index is -0.812. The van der Waals surface area contributed by atoms with Crippen LogP contribution in [0.2, 0.25) is 0 Å². The minimum Gasteiger partial charge on any atom is -0.481 e. The number of alkyl carbamates (subject to hydrolysis) is 1. The minimum absolute atomic E-state index is 0.0404. The molecule has 1 aliphatic rings. The Morgan fingerprint density at radius 3 is 2.15 bits per heavy atom. The molecule has 0 saturated heterocycles. The van der Waals surface area contributed by atoms with Gasteiger partial charge >= 0.3 is 12.1 Å². The zero-order valence-electron chi connectivity index (χ0n) is 19.9. The van der Waals surface area contributed by atoms with Gasteiger partial charge in [0.15, 0.2) is 0 Å². The number of ether oxygens (including phenoxy) is 1. The molecule has 7 nitrogen and oxygen atoms in total. The highest BCUT2D eigenvalue weighted by Crippen LogP contribution is 2.44. The average Bonchev–Trinajstić information content (AvgIpc) is 3.12. The predicted molar refractivity (Wildman–Crippen MR) is 131 cm³/mol. The van der Waals surface area contributed by atoms with Gasteiger partial charge < -0.3 is 20.5 Å². The summed E-state index contributed by atoms with van der Waals surface area (Å²) in [7, 11) is 0. The third-order valence-corrected chi connectivity index (χ3v) is 6.03. The van der Waals surface area contributed by atoms with Crippen LogP contribution in [0.1, 0.15) is 63.0 Å². The molecule has 0 heterocycles. The summed E-state index contributed by atoms with van der Waals surface area (Å²) >= 11 is 0. The first-order chi connectivity index (χ1) is 16.4. The summed E-state index contributed by atoms with van der Waals surface area (Å²) in [4.78, 5) is 35.9. The number of unbranched alkanes of at least 4 members (excludes halogenated alkanes) is 2. The van der Waals surface area contributed by atoms with Gasteiger partial charge in [0.1, 0.15) is 12.6 Å². The molecule has 1 atom stereocenters. The number of hydrogen-bond donors (Lipinski definition) is 3. The first kappa shape index (κ1) is 25.3. The summed E-state index contributed by atoms with van der Waals surface area (Å²) in [6, 6.07) is 15.6. The quantitative estimate of drug-likeness (QED) is 0.393. The highest BCUT2D eigenvalue weighted by molar-refractivity contribution is 5.85. The normalized spacial score (nSPS) is 13.1. The van der Waals surface area contributed by atoms with E-state index in [4.69, 9.17) is 9.84 Å². The van der Waals surface area contributed by atoms with Crippen molar-refractivity contribution in [3.05, 3.63) is 59.7 Å². The summed E-state index contributed by atoms with van der Waals surface area (Å²) in [6.07, 6.45) is 2.02. The maximum Gasteiger partial charge on any atom is 0.407 e. The number of amides is 2. The largest absolute Gasteiger partial charge is 0.481 e. The molecule has 2 aromatic rings. The summed E-state index contributed by atoms with van der Waals surface area (Å²) in [6.45, 7) is 4.62. The Labute approximate surface area is 200 Å². The molecule has 3 rings (SSSR count). The molecule has 1 aliphatic carbocycles. The highest BCUT2D eigenvalue weighted by atomic mass is 16.5. The number of hydrogen-bond acceptors (Lipinski definition) is 4. The molecule has 7 heteroatoms. The lowest BCUT2D eigenvalue weighted by molar-refractivity contribution is -0.137. The molecular weight excluding hydrogens is 432 g/mol. The van der Waals surface area contributed by atoms with E-state index in [2.05, 4.69) is 34.9 Å². The van der Waals surface area contributed by atoms with Gasteiger partial charge in [0, 0.05) is 18.9 Å². The van der Waals surface area contributed by atoms with Crippen molar-refractivity contribution in [2.45, 2.75) is 57.9 Å². The van der Waals surface area contributed by atoms with Crippen molar-refractivity contribution >= 4 is 18.0 Å². The van der Waals surface area contributed by atoms with E-state index >= 15 is 0 Å². The van der Waals surface area contributed by atoms with Crippen molar-refractivity contribution in [2.75, 3.05) is 13.2 Å². The second kappa shape index (κ2) is 12.2. The fraction of sp³-hybridized carbons (Fsp3) is 0.444. The van der Waals surface area contributed by atoms with Crippen LogP contribution in [0.5, 0.6) is 0 Å². The van der Waals surface area contributed by atoms with E-state index in [9.17, 15) is 14.4 Å². The van der Waals surface area contributed by atoms with Gasteiger partial charge in [-0.1, -0.05) is 68.8 Å². The van der Waals surface area contributed by atoms with Crippen molar-refractivity contribution in [3.63, 3.8) is 0 Å². The van der Waals surface area contributed by atoms with Crippen LogP contribution >= 0.6 is 0 Å². The van der Waals surface area contributed by atoms with Crippen molar-refractivity contribution in [2.24, 2.45) is 5.92 Å². The molecule has 0 aromatic heterocycles. The summed E-state index contributed by atoms with van der Waals surface area (Å²) < 4.78 is 5.60. The summed E-state index contributed by atoms with van der Waals surface area (Å²) in [5.41, 5.74) is 4.59. The Bertz CT molecular complexity index is 959. The lowest BCUT2D eigenvalue weighted by Gasteiger charge is -2.21. The fourth-order valence-electron chi connectivity index (χ4n) is 4.40. The molecule has 0 saturated carbocycles. The van der Waals surface area contributed by atoms with Crippen LogP contribution in [0.25, 0.3) is 11.1 Å². The number of rotatable bonds is 12. The molecule has 0 spiro atoms.